The minimum atomic E-state index is -2.99. The number of anilines is 1. The van der Waals surface area contributed by atoms with Crippen LogP contribution < -0.4 is 5.32 Å². The summed E-state index contributed by atoms with van der Waals surface area (Å²) >= 11 is 0. The Balaban J connectivity index is 1.29. The molecule has 0 spiro atoms. The molecule has 2 heterocycles. The van der Waals surface area contributed by atoms with Crippen molar-refractivity contribution in [2.75, 3.05) is 36.5 Å². The van der Waals surface area contributed by atoms with Gasteiger partial charge in [0.15, 0.2) is 9.84 Å². The minimum absolute atomic E-state index is 0.0375. The van der Waals surface area contributed by atoms with Gasteiger partial charge in [0.2, 0.25) is 0 Å². The Hall–Kier alpha value is -2.41. The van der Waals surface area contributed by atoms with Gasteiger partial charge in [-0.2, -0.15) is 0 Å². The minimum Gasteiger partial charge on any atom is -0.370 e. The van der Waals surface area contributed by atoms with E-state index in [-0.39, 0.29) is 30.5 Å². The van der Waals surface area contributed by atoms with Gasteiger partial charge in [-0.15, -0.1) is 0 Å². The molecule has 1 saturated carbocycles. The number of amides is 1. The van der Waals surface area contributed by atoms with Gasteiger partial charge in [-0.1, -0.05) is 30.3 Å². The van der Waals surface area contributed by atoms with E-state index in [0.717, 1.165) is 12.4 Å². The number of nitrogens with one attached hydrogen (secondary N) is 1. The first-order valence-electron chi connectivity index (χ1n) is 9.26. The van der Waals surface area contributed by atoms with Crippen LogP contribution in [-0.2, 0) is 9.84 Å². The van der Waals surface area contributed by atoms with Crippen molar-refractivity contribution in [2.24, 2.45) is 5.92 Å². The molecule has 1 aliphatic heterocycles. The molecule has 1 N–H and O–H groups in total. The van der Waals surface area contributed by atoms with Crippen molar-refractivity contribution in [1.82, 2.24) is 9.88 Å². The lowest BCUT2D eigenvalue weighted by Crippen LogP contribution is -2.43. The zero-order valence-corrected chi connectivity index (χ0v) is 15.9. The van der Waals surface area contributed by atoms with Gasteiger partial charge in [0.1, 0.15) is 5.82 Å². The zero-order chi connectivity index (χ0) is 18.9. The third-order valence-electron chi connectivity index (χ3n) is 5.34. The van der Waals surface area contributed by atoms with Crippen LogP contribution in [0.5, 0.6) is 0 Å². The Bertz CT molecular complexity index is 899. The van der Waals surface area contributed by atoms with Crippen molar-refractivity contribution in [3.63, 3.8) is 0 Å². The Morgan fingerprint density at radius 3 is 2.52 bits per heavy atom. The lowest BCUT2D eigenvalue weighted by molar-refractivity contribution is 0.0770. The van der Waals surface area contributed by atoms with Crippen LogP contribution in [0.25, 0.3) is 0 Å². The van der Waals surface area contributed by atoms with Gasteiger partial charge >= 0.3 is 0 Å². The number of hydrogen-bond donors (Lipinski definition) is 1. The molecule has 2 fully saturated rings. The highest BCUT2D eigenvalue weighted by Gasteiger charge is 2.37. The van der Waals surface area contributed by atoms with Crippen molar-refractivity contribution in [3.8, 4) is 0 Å². The summed E-state index contributed by atoms with van der Waals surface area (Å²) in [5.74, 6) is 1.91. The Morgan fingerprint density at radius 2 is 1.85 bits per heavy atom. The van der Waals surface area contributed by atoms with E-state index in [1.807, 2.05) is 12.1 Å². The topological polar surface area (TPSA) is 79.4 Å². The quantitative estimate of drug-likeness (QED) is 0.853. The fourth-order valence-electron chi connectivity index (χ4n) is 3.54. The first kappa shape index (κ1) is 18.0. The molecule has 2 aliphatic rings. The number of pyridine rings is 1. The van der Waals surface area contributed by atoms with Gasteiger partial charge in [-0.25, -0.2) is 13.4 Å². The van der Waals surface area contributed by atoms with Crippen molar-refractivity contribution in [1.29, 1.82) is 0 Å². The van der Waals surface area contributed by atoms with E-state index >= 15 is 0 Å². The molecule has 1 amide bonds. The third kappa shape index (κ3) is 4.30. The molecule has 27 heavy (non-hydrogen) atoms. The van der Waals surface area contributed by atoms with E-state index in [1.165, 1.54) is 12.0 Å². The van der Waals surface area contributed by atoms with E-state index < -0.39 is 9.84 Å². The predicted octanol–water partition coefficient (Wildman–Crippen LogP) is 2.17. The van der Waals surface area contributed by atoms with Gasteiger partial charge in [0, 0.05) is 25.8 Å². The number of benzene rings is 1. The van der Waals surface area contributed by atoms with Gasteiger partial charge in [0.05, 0.1) is 17.1 Å². The summed E-state index contributed by atoms with van der Waals surface area (Å²) in [5, 5.41) is 3.35. The van der Waals surface area contributed by atoms with E-state index in [2.05, 4.69) is 34.6 Å². The largest absolute Gasteiger partial charge is 0.370 e. The maximum absolute atomic E-state index is 12.5. The summed E-state index contributed by atoms with van der Waals surface area (Å²) in [4.78, 5) is 18.4. The molecule has 0 radical (unpaired) electrons. The molecular weight excluding hydrogens is 362 g/mol. The Morgan fingerprint density at radius 1 is 1.11 bits per heavy atom. The Labute approximate surface area is 159 Å². The molecule has 2 unspecified atom stereocenters. The molecule has 2 atom stereocenters. The van der Waals surface area contributed by atoms with E-state index in [0.29, 0.717) is 17.4 Å². The van der Waals surface area contributed by atoms with E-state index in [9.17, 15) is 13.2 Å². The first-order chi connectivity index (χ1) is 13.0. The highest BCUT2D eigenvalue weighted by molar-refractivity contribution is 7.91. The number of carbonyl (C=O) groups is 1. The second-order valence-corrected chi connectivity index (χ2v) is 9.57. The molecule has 1 saturated heterocycles. The lowest BCUT2D eigenvalue weighted by atomic mass is 10.1. The summed E-state index contributed by atoms with van der Waals surface area (Å²) in [5.41, 5.74) is 1.88. The highest BCUT2D eigenvalue weighted by atomic mass is 32.2. The molecule has 6 nitrogen and oxygen atoms in total. The third-order valence-corrected chi connectivity index (χ3v) is 6.95. The maximum atomic E-state index is 12.5. The molecule has 1 aliphatic carbocycles. The molecule has 7 heteroatoms. The SMILES string of the molecule is O=C(c1ccc(NCC2CC2c2ccccc2)nc1)N1CCS(=O)(=O)CC1. The second kappa shape index (κ2) is 7.31. The van der Waals surface area contributed by atoms with Crippen LogP contribution in [-0.4, -0.2) is 55.3 Å². The summed E-state index contributed by atoms with van der Waals surface area (Å²) in [6, 6.07) is 14.1. The standard InChI is InChI=1S/C20H23N3O3S/c24-20(23-8-10-27(25,26)11-9-23)16-6-7-19(21-13-16)22-14-17-12-18(17)15-4-2-1-3-5-15/h1-7,13,17-18H,8-12,14H2,(H,21,22). The smallest absolute Gasteiger partial charge is 0.255 e. The van der Waals surface area contributed by atoms with Crippen LogP contribution in [0.3, 0.4) is 0 Å². The first-order valence-corrected chi connectivity index (χ1v) is 11.1. The maximum Gasteiger partial charge on any atom is 0.255 e. The normalized spacial score (nSPS) is 23.6. The van der Waals surface area contributed by atoms with Gasteiger partial charge in [-0.3, -0.25) is 4.79 Å². The molecule has 1 aromatic heterocycles. The number of sulfone groups is 1. The predicted molar refractivity (Wildman–Crippen MR) is 105 cm³/mol. The summed E-state index contributed by atoms with van der Waals surface area (Å²) in [6.07, 6.45) is 2.75. The molecule has 142 valence electrons. The number of rotatable bonds is 5. The molecular formula is C20H23N3O3S. The molecule has 0 bridgehead atoms. The fraction of sp³-hybridized carbons (Fsp3) is 0.400. The van der Waals surface area contributed by atoms with Crippen molar-refractivity contribution >= 4 is 21.6 Å². The van der Waals surface area contributed by atoms with Crippen LogP contribution in [0, 0.1) is 5.92 Å². The molecule has 2 aromatic rings. The van der Waals surface area contributed by atoms with Crippen LogP contribution in [0.15, 0.2) is 48.7 Å². The second-order valence-electron chi connectivity index (χ2n) is 7.27. The number of hydrogen-bond acceptors (Lipinski definition) is 5. The Kier molecular flexibility index (Phi) is 4.86. The van der Waals surface area contributed by atoms with Crippen molar-refractivity contribution in [2.45, 2.75) is 12.3 Å². The van der Waals surface area contributed by atoms with Crippen molar-refractivity contribution in [3.05, 3.63) is 59.8 Å². The van der Waals surface area contributed by atoms with E-state index in [1.54, 1.807) is 17.2 Å². The summed E-state index contributed by atoms with van der Waals surface area (Å²) in [7, 11) is -2.99. The van der Waals surface area contributed by atoms with Crippen LogP contribution in [0.1, 0.15) is 28.3 Å². The van der Waals surface area contributed by atoms with Gasteiger partial charge in [-0.05, 0) is 36.0 Å². The lowest BCUT2D eigenvalue weighted by Gasteiger charge is -2.26. The highest BCUT2D eigenvalue weighted by Crippen LogP contribution is 2.47. The van der Waals surface area contributed by atoms with Gasteiger partial charge < -0.3 is 10.2 Å². The molecule has 1 aromatic carbocycles. The molecule has 4 rings (SSSR count). The summed E-state index contributed by atoms with van der Waals surface area (Å²) in [6.45, 7) is 1.37. The average molecular weight is 385 g/mol. The number of carbonyl (C=O) groups excluding carboxylic acids is 1. The van der Waals surface area contributed by atoms with Crippen molar-refractivity contribution < 1.29 is 13.2 Å². The average Bonchev–Trinajstić information content (AvgIpc) is 3.47. The number of aromatic nitrogens is 1. The monoisotopic (exact) mass is 385 g/mol. The zero-order valence-electron chi connectivity index (χ0n) is 15.0. The van der Waals surface area contributed by atoms with Crippen LogP contribution in [0.4, 0.5) is 5.82 Å². The van der Waals surface area contributed by atoms with Gasteiger partial charge in [0.25, 0.3) is 5.91 Å². The number of nitrogens with zero attached hydrogens (tertiary/aromatic N) is 2. The van der Waals surface area contributed by atoms with Crippen LogP contribution >= 0.6 is 0 Å². The van der Waals surface area contributed by atoms with E-state index in [4.69, 9.17) is 0 Å². The van der Waals surface area contributed by atoms with Crippen LogP contribution in [0.2, 0.25) is 0 Å². The summed E-state index contributed by atoms with van der Waals surface area (Å²) < 4.78 is 23.0. The fourth-order valence-corrected chi connectivity index (χ4v) is 4.74.